The molecule has 0 atom stereocenters. The second kappa shape index (κ2) is 6.10. The lowest BCUT2D eigenvalue weighted by Gasteiger charge is -2.30. The zero-order valence-electron chi connectivity index (χ0n) is 11.9. The lowest BCUT2D eigenvalue weighted by atomic mass is 9.97. The van der Waals surface area contributed by atoms with Gasteiger partial charge in [-0.3, -0.25) is 4.79 Å². The van der Waals surface area contributed by atoms with E-state index in [4.69, 9.17) is 5.11 Å². The van der Waals surface area contributed by atoms with E-state index >= 15 is 0 Å². The minimum absolute atomic E-state index is 0.0218. The Hall–Kier alpha value is -2.14. The molecule has 1 fully saturated rings. The molecule has 0 bridgehead atoms. The number of carbonyl (C=O) groups is 1. The molecule has 2 aromatic rings. The Bertz CT molecular complexity index is 601. The van der Waals surface area contributed by atoms with Gasteiger partial charge in [-0.2, -0.15) is 5.10 Å². The van der Waals surface area contributed by atoms with E-state index < -0.39 is 0 Å². The molecule has 0 saturated carbocycles. The number of aliphatic hydroxyl groups excluding tert-OH is 1. The maximum Gasteiger partial charge on any atom is 0.257 e. The van der Waals surface area contributed by atoms with Crippen molar-refractivity contribution in [3.8, 4) is 5.69 Å². The maximum absolute atomic E-state index is 12.4. The highest BCUT2D eigenvalue weighted by Gasteiger charge is 2.24. The number of amides is 1. The van der Waals surface area contributed by atoms with Crippen LogP contribution in [-0.2, 0) is 0 Å². The fraction of sp³-hybridized carbons (Fsp3) is 0.375. The fourth-order valence-electron chi connectivity index (χ4n) is 2.66. The first-order chi connectivity index (χ1) is 10.3. The summed E-state index contributed by atoms with van der Waals surface area (Å²) in [6.07, 6.45) is 5.13. The van der Waals surface area contributed by atoms with E-state index in [0.717, 1.165) is 18.5 Å². The number of para-hydroxylation sites is 1. The molecule has 21 heavy (non-hydrogen) atoms. The van der Waals surface area contributed by atoms with E-state index in [1.165, 1.54) is 0 Å². The van der Waals surface area contributed by atoms with Crippen molar-refractivity contribution in [2.75, 3.05) is 19.7 Å². The van der Waals surface area contributed by atoms with Crippen LogP contribution in [0.3, 0.4) is 0 Å². The highest BCUT2D eigenvalue weighted by atomic mass is 16.3. The monoisotopic (exact) mass is 285 g/mol. The Morgan fingerprint density at radius 2 is 1.95 bits per heavy atom. The van der Waals surface area contributed by atoms with Crippen LogP contribution in [0.5, 0.6) is 0 Å². The van der Waals surface area contributed by atoms with Crippen LogP contribution in [0.4, 0.5) is 0 Å². The average Bonchev–Trinajstić information content (AvgIpc) is 3.05. The summed E-state index contributed by atoms with van der Waals surface area (Å²) >= 11 is 0. The van der Waals surface area contributed by atoms with Crippen LogP contribution in [0.25, 0.3) is 5.69 Å². The van der Waals surface area contributed by atoms with Crippen molar-refractivity contribution >= 4 is 5.91 Å². The highest BCUT2D eigenvalue weighted by molar-refractivity contribution is 5.93. The first-order valence-corrected chi connectivity index (χ1v) is 7.28. The van der Waals surface area contributed by atoms with Crippen LogP contribution in [0, 0.1) is 5.92 Å². The Kier molecular flexibility index (Phi) is 4.01. The van der Waals surface area contributed by atoms with Gasteiger partial charge in [0.1, 0.15) is 0 Å². The fourth-order valence-corrected chi connectivity index (χ4v) is 2.66. The first kappa shape index (κ1) is 13.8. The van der Waals surface area contributed by atoms with Crippen LogP contribution < -0.4 is 0 Å². The Morgan fingerprint density at radius 3 is 2.62 bits per heavy atom. The summed E-state index contributed by atoms with van der Waals surface area (Å²) in [5.41, 5.74) is 1.55. The van der Waals surface area contributed by atoms with Crippen LogP contribution in [0.1, 0.15) is 23.2 Å². The van der Waals surface area contributed by atoms with Gasteiger partial charge in [0.2, 0.25) is 0 Å². The zero-order valence-corrected chi connectivity index (χ0v) is 11.9. The van der Waals surface area contributed by atoms with Crippen molar-refractivity contribution in [1.29, 1.82) is 0 Å². The molecule has 0 unspecified atom stereocenters. The number of carbonyl (C=O) groups excluding carboxylic acids is 1. The summed E-state index contributed by atoms with van der Waals surface area (Å²) in [5.74, 6) is 0.356. The molecular formula is C16H19N3O2. The third-order valence-corrected chi connectivity index (χ3v) is 4.01. The van der Waals surface area contributed by atoms with Crippen molar-refractivity contribution < 1.29 is 9.90 Å². The molecule has 1 aromatic carbocycles. The predicted octanol–water partition coefficient (Wildman–Crippen LogP) is 1.72. The van der Waals surface area contributed by atoms with E-state index in [0.29, 0.717) is 24.6 Å². The van der Waals surface area contributed by atoms with Crippen LogP contribution >= 0.6 is 0 Å². The summed E-state index contributed by atoms with van der Waals surface area (Å²) in [5, 5.41) is 13.4. The molecule has 0 spiro atoms. The molecule has 1 N–H and O–H groups in total. The van der Waals surface area contributed by atoms with Gasteiger partial charge in [0.15, 0.2) is 0 Å². The van der Waals surface area contributed by atoms with Gasteiger partial charge in [0.05, 0.1) is 17.4 Å². The molecule has 1 aliphatic rings. The molecule has 5 nitrogen and oxygen atoms in total. The smallest absolute Gasteiger partial charge is 0.257 e. The third-order valence-electron chi connectivity index (χ3n) is 4.01. The number of piperidine rings is 1. The van der Waals surface area contributed by atoms with Crippen molar-refractivity contribution in [3.63, 3.8) is 0 Å². The molecule has 0 radical (unpaired) electrons. The van der Waals surface area contributed by atoms with Gasteiger partial charge in [-0.05, 0) is 30.9 Å². The van der Waals surface area contributed by atoms with Gasteiger partial charge < -0.3 is 10.0 Å². The second-order valence-electron chi connectivity index (χ2n) is 5.43. The Morgan fingerprint density at radius 1 is 1.24 bits per heavy atom. The minimum Gasteiger partial charge on any atom is -0.396 e. The van der Waals surface area contributed by atoms with Crippen molar-refractivity contribution in [2.24, 2.45) is 5.92 Å². The predicted molar refractivity (Wildman–Crippen MR) is 79.3 cm³/mol. The van der Waals surface area contributed by atoms with E-state index in [1.807, 2.05) is 35.2 Å². The number of hydrogen-bond acceptors (Lipinski definition) is 3. The summed E-state index contributed by atoms with van der Waals surface area (Å²) in [4.78, 5) is 14.3. The summed E-state index contributed by atoms with van der Waals surface area (Å²) in [7, 11) is 0. The van der Waals surface area contributed by atoms with E-state index in [9.17, 15) is 4.79 Å². The van der Waals surface area contributed by atoms with Gasteiger partial charge in [-0.15, -0.1) is 0 Å². The number of benzene rings is 1. The number of likely N-dealkylation sites (tertiary alicyclic amines) is 1. The van der Waals surface area contributed by atoms with E-state index in [2.05, 4.69) is 5.10 Å². The number of aromatic nitrogens is 2. The topological polar surface area (TPSA) is 58.4 Å². The molecule has 3 rings (SSSR count). The number of aliphatic hydroxyl groups is 1. The lowest BCUT2D eigenvalue weighted by molar-refractivity contribution is 0.0651. The van der Waals surface area contributed by atoms with Gasteiger partial charge in [0, 0.05) is 25.9 Å². The van der Waals surface area contributed by atoms with Crippen LogP contribution in [-0.4, -0.2) is 45.4 Å². The average molecular weight is 285 g/mol. The number of nitrogens with zero attached hydrogens (tertiary/aromatic N) is 3. The van der Waals surface area contributed by atoms with Gasteiger partial charge in [-0.1, -0.05) is 18.2 Å². The van der Waals surface area contributed by atoms with Gasteiger partial charge >= 0.3 is 0 Å². The minimum atomic E-state index is 0.0218. The number of rotatable bonds is 3. The Labute approximate surface area is 123 Å². The lowest BCUT2D eigenvalue weighted by Crippen LogP contribution is -2.39. The molecular weight excluding hydrogens is 266 g/mol. The molecule has 1 aromatic heterocycles. The SMILES string of the molecule is O=C(c1cnn(-c2ccccc2)c1)N1CCC(CO)CC1. The molecule has 5 heteroatoms. The van der Waals surface area contributed by atoms with E-state index in [-0.39, 0.29) is 12.5 Å². The van der Waals surface area contributed by atoms with Crippen LogP contribution in [0.15, 0.2) is 42.7 Å². The zero-order chi connectivity index (χ0) is 14.7. The van der Waals surface area contributed by atoms with Crippen molar-refractivity contribution in [1.82, 2.24) is 14.7 Å². The van der Waals surface area contributed by atoms with Crippen molar-refractivity contribution in [2.45, 2.75) is 12.8 Å². The molecule has 110 valence electrons. The molecule has 2 heterocycles. The van der Waals surface area contributed by atoms with Gasteiger partial charge in [-0.25, -0.2) is 4.68 Å². The molecule has 1 aliphatic heterocycles. The van der Waals surface area contributed by atoms with Gasteiger partial charge in [0.25, 0.3) is 5.91 Å². The summed E-state index contributed by atoms with van der Waals surface area (Å²) in [6.45, 7) is 1.63. The first-order valence-electron chi connectivity index (χ1n) is 7.28. The Balaban J connectivity index is 1.70. The summed E-state index contributed by atoms with van der Waals surface area (Å²) < 4.78 is 1.72. The second-order valence-corrected chi connectivity index (χ2v) is 5.43. The van der Waals surface area contributed by atoms with E-state index in [1.54, 1.807) is 17.1 Å². The number of hydrogen-bond donors (Lipinski definition) is 1. The molecule has 1 amide bonds. The standard InChI is InChI=1S/C16H19N3O2/c20-12-13-6-8-18(9-7-13)16(21)14-10-17-19(11-14)15-4-2-1-3-5-15/h1-5,10-11,13,20H,6-9,12H2. The molecule has 1 saturated heterocycles. The summed E-state index contributed by atoms with van der Waals surface area (Å²) in [6, 6.07) is 9.74. The van der Waals surface area contributed by atoms with Crippen molar-refractivity contribution in [3.05, 3.63) is 48.3 Å². The molecule has 0 aliphatic carbocycles. The normalized spacial score (nSPS) is 16.1. The van der Waals surface area contributed by atoms with Crippen LogP contribution in [0.2, 0.25) is 0 Å². The largest absolute Gasteiger partial charge is 0.396 e. The quantitative estimate of drug-likeness (QED) is 0.934. The highest BCUT2D eigenvalue weighted by Crippen LogP contribution is 2.18. The third kappa shape index (κ3) is 2.97. The maximum atomic E-state index is 12.4.